The van der Waals surface area contributed by atoms with E-state index in [1.807, 2.05) is 31.2 Å². The molecule has 2 rings (SSSR count). The summed E-state index contributed by atoms with van der Waals surface area (Å²) in [5, 5.41) is 2.38. The van der Waals surface area contributed by atoms with Gasteiger partial charge in [-0.15, -0.1) is 6.42 Å². The lowest BCUT2D eigenvalue weighted by Gasteiger charge is -2.14. The van der Waals surface area contributed by atoms with E-state index in [0.717, 1.165) is 17.7 Å². The van der Waals surface area contributed by atoms with Crippen molar-refractivity contribution in [3.8, 4) is 18.1 Å². The van der Waals surface area contributed by atoms with Gasteiger partial charge in [0.15, 0.2) is 0 Å². The van der Waals surface area contributed by atoms with Crippen molar-refractivity contribution in [3.05, 3.63) is 42.0 Å². The Balaban J connectivity index is 2.52. The summed E-state index contributed by atoms with van der Waals surface area (Å²) in [7, 11) is 0. The maximum atomic E-state index is 5.92. The van der Waals surface area contributed by atoms with Gasteiger partial charge in [-0.3, -0.25) is 0 Å². The summed E-state index contributed by atoms with van der Waals surface area (Å²) in [6.45, 7) is 2.27. The van der Waals surface area contributed by atoms with Crippen LogP contribution in [0.25, 0.3) is 10.8 Å². The molecular weight excluding hydrogens is 222 g/mol. The number of terminal acetylenes is 1. The number of hydrogen-bond acceptors (Lipinski definition) is 2. The Bertz CT molecular complexity index is 581. The van der Waals surface area contributed by atoms with Crippen LogP contribution >= 0.6 is 0 Å². The maximum absolute atomic E-state index is 5.92. The first kappa shape index (κ1) is 12.5. The molecule has 2 aromatic rings. The molecule has 0 aliphatic heterocycles. The van der Waals surface area contributed by atoms with Gasteiger partial charge in [-0.05, 0) is 30.2 Å². The minimum Gasteiger partial charge on any atom is -0.481 e. The number of rotatable bonds is 4. The molecule has 1 unspecified atom stereocenters. The zero-order chi connectivity index (χ0) is 13.0. The van der Waals surface area contributed by atoms with Crippen molar-refractivity contribution in [2.24, 2.45) is 5.73 Å². The lowest BCUT2D eigenvalue weighted by molar-refractivity contribution is 0.366. The van der Waals surface area contributed by atoms with Gasteiger partial charge in [-0.25, -0.2) is 0 Å². The van der Waals surface area contributed by atoms with Gasteiger partial charge in [0.2, 0.25) is 0 Å². The molecule has 2 aromatic carbocycles. The van der Waals surface area contributed by atoms with Crippen LogP contribution < -0.4 is 10.5 Å². The smallest absolute Gasteiger partial charge is 0.148 e. The molecule has 0 aromatic heterocycles. The van der Waals surface area contributed by atoms with Gasteiger partial charge in [-0.2, -0.15) is 0 Å². The Kier molecular flexibility index (Phi) is 3.86. The van der Waals surface area contributed by atoms with Gasteiger partial charge in [-0.1, -0.05) is 36.3 Å². The molecule has 0 amide bonds. The lowest BCUT2D eigenvalue weighted by Crippen LogP contribution is -2.18. The van der Waals surface area contributed by atoms with Gasteiger partial charge < -0.3 is 10.5 Å². The third-order valence-electron chi connectivity index (χ3n) is 2.83. The minimum absolute atomic E-state index is 0.0870. The fourth-order valence-corrected chi connectivity index (χ4v) is 2.10. The van der Waals surface area contributed by atoms with E-state index < -0.39 is 0 Å². The van der Waals surface area contributed by atoms with Crippen LogP contribution in [0.5, 0.6) is 5.75 Å². The maximum Gasteiger partial charge on any atom is 0.148 e. The standard InChI is InChI=1S/C16H17NO/c1-3-10-18-16-9-8-13-6-4-5-7-14(13)15(16)11-12(2)17/h1,4-9,12H,10-11,17H2,2H3. The predicted octanol–water partition coefficient (Wildman–Crippen LogP) is 2.74. The van der Waals surface area contributed by atoms with Crippen molar-refractivity contribution in [1.29, 1.82) is 0 Å². The molecule has 18 heavy (non-hydrogen) atoms. The SMILES string of the molecule is C#CCOc1ccc2ccccc2c1CC(C)N. The molecule has 0 heterocycles. The van der Waals surface area contributed by atoms with Crippen LogP contribution in [0.15, 0.2) is 36.4 Å². The van der Waals surface area contributed by atoms with Crippen molar-refractivity contribution in [2.75, 3.05) is 6.61 Å². The molecule has 0 spiro atoms. The molecule has 0 bridgehead atoms. The quantitative estimate of drug-likeness (QED) is 0.833. The minimum atomic E-state index is 0.0870. The lowest BCUT2D eigenvalue weighted by atomic mass is 9.98. The summed E-state index contributed by atoms with van der Waals surface area (Å²) in [5.74, 6) is 3.33. The van der Waals surface area contributed by atoms with Crippen molar-refractivity contribution in [3.63, 3.8) is 0 Å². The number of ether oxygens (including phenoxy) is 1. The molecule has 92 valence electrons. The van der Waals surface area contributed by atoms with Crippen LogP contribution in [0.1, 0.15) is 12.5 Å². The van der Waals surface area contributed by atoms with E-state index >= 15 is 0 Å². The third kappa shape index (κ3) is 2.64. The van der Waals surface area contributed by atoms with Gasteiger partial charge in [0.05, 0.1) is 0 Å². The fraction of sp³-hybridized carbons (Fsp3) is 0.250. The van der Waals surface area contributed by atoms with Gasteiger partial charge >= 0.3 is 0 Å². The van der Waals surface area contributed by atoms with E-state index in [4.69, 9.17) is 16.9 Å². The van der Waals surface area contributed by atoms with Crippen molar-refractivity contribution < 1.29 is 4.74 Å². The molecule has 2 nitrogen and oxygen atoms in total. The molecule has 0 saturated carbocycles. The molecule has 2 N–H and O–H groups in total. The molecule has 0 aliphatic carbocycles. The average molecular weight is 239 g/mol. The van der Waals surface area contributed by atoms with Crippen molar-refractivity contribution in [1.82, 2.24) is 0 Å². The van der Waals surface area contributed by atoms with E-state index in [0.29, 0.717) is 0 Å². The van der Waals surface area contributed by atoms with E-state index in [1.54, 1.807) is 0 Å². The van der Waals surface area contributed by atoms with E-state index in [1.165, 1.54) is 10.8 Å². The predicted molar refractivity (Wildman–Crippen MR) is 75.6 cm³/mol. The molecule has 1 atom stereocenters. The number of benzene rings is 2. The molecule has 0 aliphatic rings. The molecule has 0 fully saturated rings. The number of nitrogens with two attached hydrogens (primary N) is 1. The molecule has 0 saturated heterocycles. The highest BCUT2D eigenvalue weighted by Crippen LogP contribution is 2.29. The van der Waals surface area contributed by atoms with E-state index in [2.05, 4.69) is 18.1 Å². The number of hydrogen-bond donors (Lipinski definition) is 1. The number of fused-ring (bicyclic) bond motifs is 1. The zero-order valence-electron chi connectivity index (χ0n) is 10.5. The molecular formula is C16H17NO. The second-order valence-corrected chi connectivity index (χ2v) is 4.44. The second-order valence-electron chi connectivity index (χ2n) is 4.44. The Morgan fingerprint density at radius 3 is 2.78 bits per heavy atom. The van der Waals surface area contributed by atoms with Crippen LogP contribution in [-0.4, -0.2) is 12.6 Å². The normalized spacial score (nSPS) is 12.1. The van der Waals surface area contributed by atoms with E-state index in [9.17, 15) is 0 Å². The zero-order valence-corrected chi connectivity index (χ0v) is 10.5. The van der Waals surface area contributed by atoms with Crippen LogP contribution in [0, 0.1) is 12.3 Å². The summed E-state index contributed by atoms with van der Waals surface area (Å²) in [6, 6.07) is 12.3. The van der Waals surface area contributed by atoms with Crippen LogP contribution in [0.4, 0.5) is 0 Å². The van der Waals surface area contributed by atoms with Crippen LogP contribution in [-0.2, 0) is 6.42 Å². The van der Waals surface area contributed by atoms with Gasteiger partial charge in [0, 0.05) is 11.6 Å². The Morgan fingerprint density at radius 1 is 1.28 bits per heavy atom. The largest absolute Gasteiger partial charge is 0.481 e. The fourth-order valence-electron chi connectivity index (χ4n) is 2.10. The first-order valence-corrected chi connectivity index (χ1v) is 6.05. The highest BCUT2D eigenvalue weighted by molar-refractivity contribution is 5.87. The average Bonchev–Trinajstić information content (AvgIpc) is 2.37. The molecule has 2 heteroatoms. The topological polar surface area (TPSA) is 35.2 Å². The first-order chi connectivity index (χ1) is 8.72. The summed E-state index contributed by atoms with van der Waals surface area (Å²) >= 11 is 0. The van der Waals surface area contributed by atoms with E-state index in [-0.39, 0.29) is 12.6 Å². The van der Waals surface area contributed by atoms with Crippen LogP contribution in [0.2, 0.25) is 0 Å². The highest BCUT2D eigenvalue weighted by Gasteiger charge is 2.10. The van der Waals surface area contributed by atoms with Crippen molar-refractivity contribution in [2.45, 2.75) is 19.4 Å². The Labute approximate surface area is 108 Å². The van der Waals surface area contributed by atoms with Crippen molar-refractivity contribution >= 4 is 10.8 Å². The van der Waals surface area contributed by atoms with Gasteiger partial charge in [0.25, 0.3) is 0 Å². The second kappa shape index (κ2) is 5.57. The summed E-state index contributed by atoms with van der Waals surface area (Å²) in [5.41, 5.74) is 7.05. The van der Waals surface area contributed by atoms with Gasteiger partial charge in [0.1, 0.15) is 12.4 Å². The summed E-state index contributed by atoms with van der Waals surface area (Å²) in [6.07, 6.45) is 6.02. The third-order valence-corrected chi connectivity index (χ3v) is 2.83. The Hall–Kier alpha value is -1.98. The first-order valence-electron chi connectivity index (χ1n) is 6.05. The molecule has 0 radical (unpaired) electrons. The van der Waals surface area contributed by atoms with Crippen LogP contribution in [0.3, 0.4) is 0 Å². The monoisotopic (exact) mass is 239 g/mol. The Morgan fingerprint density at radius 2 is 2.06 bits per heavy atom. The summed E-state index contributed by atoms with van der Waals surface area (Å²) < 4.78 is 5.60. The highest BCUT2D eigenvalue weighted by atomic mass is 16.5. The summed E-state index contributed by atoms with van der Waals surface area (Å²) in [4.78, 5) is 0.